The number of amides is 1. The maximum Gasteiger partial charge on any atom is 0.328 e. The van der Waals surface area contributed by atoms with Crippen molar-refractivity contribution < 1.29 is 19.1 Å². The molecule has 1 aliphatic rings. The highest BCUT2D eigenvalue weighted by Crippen LogP contribution is 2.25. The Hall–Kier alpha value is -2.24. The summed E-state index contributed by atoms with van der Waals surface area (Å²) in [5.74, 6) is -1.00. The lowest BCUT2D eigenvalue weighted by atomic mass is 9.83. The van der Waals surface area contributed by atoms with E-state index in [0.717, 1.165) is 12.8 Å². The Bertz CT molecular complexity index is 530. The van der Waals surface area contributed by atoms with Gasteiger partial charge in [-0.25, -0.2) is 4.79 Å². The Morgan fingerprint density at radius 1 is 1.48 bits per heavy atom. The van der Waals surface area contributed by atoms with Gasteiger partial charge in [0.2, 0.25) is 0 Å². The Labute approximate surface area is 122 Å². The second-order valence-electron chi connectivity index (χ2n) is 5.11. The van der Waals surface area contributed by atoms with Crippen molar-refractivity contribution in [2.24, 2.45) is 5.92 Å². The van der Waals surface area contributed by atoms with Crippen molar-refractivity contribution in [2.75, 3.05) is 7.11 Å². The van der Waals surface area contributed by atoms with E-state index in [1.807, 2.05) is 0 Å². The molecule has 0 radical (unpaired) electrons. The van der Waals surface area contributed by atoms with Crippen LogP contribution in [0.4, 0.5) is 0 Å². The number of hydrogen-bond acceptors (Lipinski definition) is 5. The van der Waals surface area contributed by atoms with Crippen molar-refractivity contribution in [3.8, 4) is 0 Å². The highest BCUT2D eigenvalue weighted by molar-refractivity contribution is 5.96. The first kappa shape index (κ1) is 15.2. The van der Waals surface area contributed by atoms with E-state index in [1.54, 1.807) is 18.3 Å². The molecule has 21 heavy (non-hydrogen) atoms. The number of nitrogens with one attached hydrogen (secondary N) is 1. The van der Waals surface area contributed by atoms with Crippen LogP contribution in [0.5, 0.6) is 0 Å². The number of nitrogens with zero attached hydrogens (tertiary/aromatic N) is 1. The number of ether oxygens (including phenoxy) is 1. The van der Waals surface area contributed by atoms with Gasteiger partial charge in [-0.2, -0.15) is 0 Å². The second kappa shape index (κ2) is 6.97. The average molecular weight is 290 g/mol. The molecule has 1 aromatic heterocycles. The van der Waals surface area contributed by atoms with Crippen LogP contribution in [0.25, 0.3) is 0 Å². The molecule has 1 N–H and O–H groups in total. The third-order valence-electron chi connectivity index (χ3n) is 3.66. The molecule has 0 unspecified atom stereocenters. The topological polar surface area (TPSA) is 85.4 Å². The molecular weight excluding hydrogens is 272 g/mol. The van der Waals surface area contributed by atoms with Gasteiger partial charge in [-0.1, -0.05) is 0 Å². The number of ketones is 1. The Morgan fingerprint density at radius 3 is 2.90 bits per heavy atom. The van der Waals surface area contributed by atoms with Crippen LogP contribution in [-0.2, 0) is 14.3 Å². The molecule has 2 rings (SSSR count). The first-order valence-electron chi connectivity index (χ1n) is 6.92. The maximum atomic E-state index is 12.2. The molecule has 1 aliphatic carbocycles. The fourth-order valence-corrected chi connectivity index (χ4v) is 2.56. The summed E-state index contributed by atoms with van der Waals surface area (Å²) >= 11 is 0. The average Bonchev–Trinajstić information content (AvgIpc) is 2.52. The predicted molar refractivity (Wildman–Crippen MR) is 74.5 cm³/mol. The summed E-state index contributed by atoms with van der Waals surface area (Å²) in [5.41, 5.74) is 0.369. The van der Waals surface area contributed by atoms with Crippen LogP contribution in [0.2, 0.25) is 0 Å². The van der Waals surface area contributed by atoms with Crippen molar-refractivity contribution in [1.82, 2.24) is 10.3 Å². The van der Waals surface area contributed by atoms with E-state index in [9.17, 15) is 14.4 Å². The third kappa shape index (κ3) is 3.87. The maximum absolute atomic E-state index is 12.2. The van der Waals surface area contributed by atoms with Gasteiger partial charge in [-0.3, -0.25) is 14.6 Å². The zero-order valence-corrected chi connectivity index (χ0v) is 11.9. The first-order chi connectivity index (χ1) is 10.1. The van der Waals surface area contributed by atoms with Crippen LogP contribution >= 0.6 is 0 Å². The highest BCUT2D eigenvalue weighted by Gasteiger charge is 2.34. The monoisotopic (exact) mass is 290 g/mol. The van der Waals surface area contributed by atoms with Gasteiger partial charge in [0.1, 0.15) is 11.8 Å². The number of carbonyl (C=O) groups excluding carboxylic acids is 3. The van der Waals surface area contributed by atoms with Crippen molar-refractivity contribution in [3.05, 3.63) is 30.1 Å². The number of Topliss-reactive ketones (excluding diaryl/α,β-unsaturated/α-hetero) is 1. The number of pyridine rings is 1. The van der Waals surface area contributed by atoms with Crippen LogP contribution in [-0.4, -0.2) is 35.8 Å². The van der Waals surface area contributed by atoms with Gasteiger partial charge in [0.05, 0.1) is 12.7 Å². The third-order valence-corrected chi connectivity index (χ3v) is 3.66. The lowest BCUT2D eigenvalue weighted by Gasteiger charge is -2.28. The molecular formula is C15H18N2O4. The molecule has 1 aromatic rings. The number of methoxy groups -OCH3 is 1. The number of esters is 1. The standard InChI is InChI=1S/C15H18N2O4/c1-21-15(20)13(10-4-2-6-12(18)8-10)17-14(19)11-5-3-7-16-9-11/h3,5,7,9-10,13H,2,4,6,8H2,1H3,(H,17,19)/t10-,13+/m0/s1. The Kier molecular flexibility index (Phi) is 5.03. The van der Waals surface area contributed by atoms with Crippen LogP contribution in [0, 0.1) is 5.92 Å². The number of carbonyl (C=O) groups is 3. The second-order valence-corrected chi connectivity index (χ2v) is 5.11. The lowest BCUT2D eigenvalue weighted by molar-refractivity contribution is -0.145. The summed E-state index contributed by atoms with van der Waals surface area (Å²) in [5, 5.41) is 2.67. The molecule has 1 saturated carbocycles. The lowest BCUT2D eigenvalue weighted by Crippen LogP contribution is -2.48. The van der Waals surface area contributed by atoms with E-state index >= 15 is 0 Å². The van der Waals surface area contributed by atoms with E-state index in [4.69, 9.17) is 4.74 Å². The zero-order valence-electron chi connectivity index (χ0n) is 11.9. The molecule has 0 aliphatic heterocycles. The smallest absolute Gasteiger partial charge is 0.328 e. The van der Waals surface area contributed by atoms with Gasteiger partial charge < -0.3 is 10.1 Å². The summed E-state index contributed by atoms with van der Waals surface area (Å²) < 4.78 is 4.76. The summed E-state index contributed by atoms with van der Waals surface area (Å²) in [6, 6.07) is 2.46. The minimum Gasteiger partial charge on any atom is -0.467 e. The van der Waals surface area contributed by atoms with E-state index < -0.39 is 17.9 Å². The van der Waals surface area contributed by atoms with E-state index in [-0.39, 0.29) is 11.7 Å². The fourth-order valence-electron chi connectivity index (χ4n) is 2.56. The largest absolute Gasteiger partial charge is 0.467 e. The minimum absolute atomic E-state index is 0.121. The molecule has 0 bridgehead atoms. The summed E-state index contributed by atoms with van der Waals surface area (Å²) in [6.07, 6.45) is 5.29. The van der Waals surface area contributed by atoms with E-state index in [1.165, 1.54) is 13.3 Å². The first-order valence-corrected chi connectivity index (χ1v) is 6.92. The molecule has 1 amide bonds. The quantitative estimate of drug-likeness (QED) is 0.840. The van der Waals surface area contributed by atoms with Crippen molar-refractivity contribution in [2.45, 2.75) is 31.7 Å². The minimum atomic E-state index is -0.799. The summed E-state index contributed by atoms with van der Waals surface area (Å²) in [6.45, 7) is 0. The number of aromatic nitrogens is 1. The molecule has 0 saturated heterocycles. The Morgan fingerprint density at radius 2 is 2.29 bits per heavy atom. The number of rotatable bonds is 4. The van der Waals surface area contributed by atoms with Gasteiger partial charge in [0.15, 0.2) is 0 Å². The van der Waals surface area contributed by atoms with E-state index in [0.29, 0.717) is 18.4 Å². The molecule has 0 spiro atoms. The van der Waals surface area contributed by atoms with Crippen molar-refractivity contribution in [1.29, 1.82) is 0 Å². The summed E-state index contributed by atoms with van der Waals surface area (Å²) in [4.78, 5) is 39.5. The van der Waals surface area contributed by atoms with Gasteiger partial charge in [0.25, 0.3) is 5.91 Å². The van der Waals surface area contributed by atoms with Crippen LogP contribution < -0.4 is 5.32 Å². The van der Waals surface area contributed by atoms with Crippen LogP contribution in [0.3, 0.4) is 0 Å². The van der Waals surface area contributed by atoms with Gasteiger partial charge in [0, 0.05) is 25.2 Å². The van der Waals surface area contributed by atoms with Crippen LogP contribution in [0.15, 0.2) is 24.5 Å². The molecule has 112 valence electrons. The normalized spacial score (nSPS) is 19.7. The predicted octanol–water partition coefficient (Wildman–Crippen LogP) is 1.11. The molecule has 1 heterocycles. The molecule has 0 aromatic carbocycles. The fraction of sp³-hybridized carbons (Fsp3) is 0.467. The highest BCUT2D eigenvalue weighted by atomic mass is 16.5. The van der Waals surface area contributed by atoms with Gasteiger partial charge in [-0.05, 0) is 30.9 Å². The van der Waals surface area contributed by atoms with Gasteiger partial charge >= 0.3 is 5.97 Å². The van der Waals surface area contributed by atoms with E-state index in [2.05, 4.69) is 10.3 Å². The van der Waals surface area contributed by atoms with Crippen molar-refractivity contribution >= 4 is 17.7 Å². The van der Waals surface area contributed by atoms with Gasteiger partial charge in [-0.15, -0.1) is 0 Å². The molecule has 2 atom stereocenters. The molecule has 6 nitrogen and oxygen atoms in total. The Balaban J connectivity index is 2.11. The van der Waals surface area contributed by atoms with Crippen molar-refractivity contribution in [3.63, 3.8) is 0 Å². The number of hydrogen-bond donors (Lipinski definition) is 1. The molecule has 6 heteroatoms. The molecule has 1 fully saturated rings. The van der Waals surface area contributed by atoms with Crippen LogP contribution in [0.1, 0.15) is 36.0 Å². The zero-order chi connectivity index (χ0) is 15.2. The summed E-state index contributed by atoms with van der Waals surface area (Å²) in [7, 11) is 1.27. The SMILES string of the molecule is COC(=O)[C@H](NC(=O)c1cccnc1)[C@H]1CCCC(=O)C1.